The van der Waals surface area contributed by atoms with Gasteiger partial charge in [-0.3, -0.25) is 24.1 Å². The summed E-state index contributed by atoms with van der Waals surface area (Å²) in [5, 5.41) is 18.8. The molecule has 5 N–H and O–H groups in total. The van der Waals surface area contributed by atoms with Gasteiger partial charge in [-0.25, -0.2) is 31.6 Å². The molecule has 0 saturated carbocycles. The van der Waals surface area contributed by atoms with E-state index in [1.54, 1.807) is 49.5 Å². The van der Waals surface area contributed by atoms with E-state index in [9.17, 15) is 32.7 Å². The van der Waals surface area contributed by atoms with Gasteiger partial charge in [0.25, 0.3) is 11.8 Å². The number of halogens is 2. The Morgan fingerprint density at radius 1 is 0.770 bits per heavy atom. The Morgan fingerprint density at radius 2 is 1.51 bits per heavy atom. The lowest BCUT2D eigenvalue weighted by Crippen LogP contribution is -2.30. The first-order valence-electron chi connectivity index (χ1n) is 23.4. The standard InChI is InChI=1S/C55H48F2N8O8S/c1-6-22-74(71,72)63-44-19-16-42(56)49(50(44)57)51(66)30-9-17-43-39(23-30)40-25-33(29-61-52(40)62-43)32-10-18-45(60-28-32)54(68)59-21-7-20-58-53(67)31-8-13-36(41(24-31)55(69)70)48-37-14-11-34(64(2)3)26-46(37)73-47-27-35(65(4)5)12-15-38(47)48/h8-19,23-29,63H,6-7,20-22H2,1-5H3,(H3-,58,59,61,62,66,67,68,69,70)/p+1. The molecule has 376 valence electrons. The summed E-state index contributed by atoms with van der Waals surface area (Å²) in [4.78, 5) is 66.9. The van der Waals surface area contributed by atoms with E-state index in [-0.39, 0.29) is 47.6 Å². The van der Waals surface area contributed by atoms with Crippen molar-refractivity contribution in [1.82, 2.24) is 30.2 Å². The third-order valence-corrected chi connectivity index (χ3v) is 14.0. The molecule has 9 rings (SSSR count). The average Bonchev–Trinajstić information content (AvgIpc) is 3.76. The van der Waals surface area contributed by atoms with Crippen molar-refractivity contribution < 1.29 is 45.9 Å². The molecule has 0 fully saturated rings. The maximum Gasteiger partial charge on any atom is 0.336 e. The normalized spacial score (nSPS) is 11.6. The number of nitrogens with one attached hydrogen (secondary N) is 4. The number of H-pyrrole nitrogens is 1. The number of carboxylic acid groups (broad SMARTS) is 1. The number of carbonyl (C=O) groups is 4. The number of ketones is 1. The van der Waals surface area contributed by atoms with Crippen LogP contribution in [0.5, 0.6) is 0 Å². The number of pyridine rings is 2. The van der Waals surface area contributed by atoms with Crippen LogP contribution in [0.4, 0.5) is 20.2 Å². The first-order chi connectivity index (χ1) is 35.4. The predicted octanol–water partition coefficient (Wildman–Crippen LogP) is 8.30. The van der Waals surface area contributed by atoms with Gasteiger partial charge in [0, 0.05) is 112 Å². The Morgan fingerprint density at radius 3 is 2.23 bits per heavy atom. The number of sulfonamides is 1. The van der Waals surface area contributed by atoms with Gasteiger partial charge < -0.3 is 30.0 Å². The van der Waals surface area contributed by atoms with E-state index in [2.05, 4.69) is 30.3 Å². The van der Waals surface area contributed by atoms with Gasteiger partial charge in [-0.05, 0) is 91.2 Å². The van der Waals surface area contributed by atoms with Crippen molar-refractivity contribution in [1.29, 1.82) is 0 Å². The highest BCUT2D eigenvalue weighted by molar-refractivity contribution is 7.92. The summed E-state index contributed by atoms with van der Waals surface area (Å²) >= 11 is 0. The lowest BCUT2D eigenvalue weighted by Gasteiger charge is -2.19. The minimum atomic E-state index is -3.93. The summed E-state index contributed by atoms with van der Waals surface area (Å²) in [5.41, 5.74) is 4.32. The third-order valence-electron chi connectivity index (χ3n) is 12.5. The molecule has 16 nitrogen and oxygen atoms in total. The van der Waals surface area contributed by atoms with Gasteiger partial charge >= 0.3 is 5.97 Å². The molecule has 0 spiro atoms. The second kappa shape index (κ2) is 20.3. The zero-order chi connectivity index (χ0) is 52.6. The number of amides is 2. The fraction of sp³-hybridized carbons (Fsp3) is 0.182. The van der Waals surface area contributed by atoms with Crippen LogP contribution in [0.25, 0.3) is 66.5 Å². The maximum absolute atomic E-state index is 15.5. The van der Waals surface area contributed by atoms with Gasteiger partial charge in [0.1, 0.15) is 42.6 Å². The highest BCUT2D eigenvalue weighted by Gasteiger charge is 2.26. The molecular formula is C55H49F2N8O8S+. The van der Waals surface area contributed by atoms with Crippen LogP contribution >= 0.6 is 0 Å². The number of anilines is 2. The number of hydrogen-bond acceptors (Lipinski definition) is 10. The van der Waals surface area contributed by atoms with Crippen molar-refractivity contribution in [3.8, 4) is 33.6 Å². The first-order valence-corrected chi connectivity index (χ1v) is 25.1. The van der Waals surface area contributed by atoms with E-state index in [1.165, 1.54) is 24.4 Å². The molecule has 1 aliphatic carbocycles. The fourth-order valence-corrected chi connectivity index (χ4v) is 9.85. The summed E-state index contributed by atoms with van der Waals surface area (Å²) in [6.45, 7) is 2.01. The van der Waals surface area contributed by atoms with Gasteiger partial charge in [-0.15, -0.1) is 0 Å². The van der Waals surface area contributed by atoms with E-state index in [0.717, 1.165) is 23.2 Å². The number of benzene rings is 5. The van der Waals surface area contributed by atoms with Gasteiger partial charge in [-0.1, -0.05) is 19.1 Å². The number of carboxylic acids is 1. The van der Waals surface area contributed by atoms with E-state index in [0.29, 0.717) is 72.9 Å². The third kappa shape index (κ3) is 10.0. The minimum absolute atomic E-state index is 0.0450. The maximum atomic E-state index is 15.5. The predicted molar refractivity (Wildman–Crippen MR) is 280 cm³/mol. The Kier molecular flexibility index (Phi) is 13.8. The van der Waals surface area contributed by atoms with Crippen LogP contribution in [-0.2, 0) is 10.0 Å². The monoisotopic (exact) mass is 1020 g/mol. The molecule has 4 heterocycles. The van der Waals surface area contributed by atoms with Crippen molar-refractivity contribution in [2.75, 3.05) is 56.7 Å². The zero-order valence-corrected chi connectivity index (χ0v) is 41.6. The molecule has 0 unspecified atom stereocenters. The van der Waals surface area contributed by atoms with E-state index >= 15 is 8.78 Å². The van der Waals surface area contributed by atoms with Crippen LogP contribution in [0.15, 0.2) is 120 Å². The number of aromatic amines is 1. The van der Waals surface area contributed by atoms with Crippen molar-refractivity contribution in [2.45, 2.75) is 19.8 Å². The van der Waals surface area contributed by atoms with Crippen LogP contribution < -0.4 is 30.2 Å². The van der Waals surface area contributed by atoms with Crippen molar-refractivity contribution >= 4 is 77.9 Å². The van der Waals surface area contributed by atoms with Crippen LogP contribution in [0.3, 0.4) is 0 Å². The summed E-state index contributed by atoms with van der Waals surface area (Å²) in [6, 6.07) is 27.4. The number of rotatable bonds is 16. The number of hydrogen-bond donors (Lipinski definition) is 5. The van der Waals surface area contributed by atoms with Gasteiger partial charge in [0.15, 0.2) is 11.6 Å². The van der Waals surface area contributed by atoms with Crippen LogP contribution in [0.2, 0.25) is 0 Å². The van der Waals surface area contributed by atoms with Gasteiger partial charge in [0.05, 0.1) is 28.6 Å². The summed E-state index contributed by atoms with van der Waals surface area (Å²) in [6.07, 6.45) is 3.73. The van der Waals surface area contributed by atoms with Crippen molar-refractivity contribution in [2.24, 2.45) is 0 Å². The molecule has 0 atom stereocenters. The minimum Gasteiger partial charge on any atom is -0.478 e. The van der Waals surface area contributed by atoms with Gasteiger partial charge in [-0.2, -0.15) is 0 Å². The largest absolute Gasteiger partial charge is 0.478 e. The Balaban J connectivity index is 0.848. The summed E-state index contributed by atoms with van der Waals surface area (Å²) in [7, 11) is 3.76. The van der Waals surface area contributed by atoms with E-state index in [1.807, 2.05) is 74.1 Å². The van der Waals surface area contributed by atoms with Crippen LogP contribution in [0, 0.1) is 11.6 Å². The molecule has 7 aromatic rings. The number of carbonyl (C=O) groups excluding carboxylic acids is 3. The topological polar surface area (TPSA) is 220 Å². The summed E-state index contributed by atoms with van der Waals surface area (Å²) < 4.78 is 65.6. The second-order valence-electron chi connectivity index (χ2n) is 18.0. The molecule has 2 aliphatic rings. The van der Waals surface area contributed by atoms with E-state index in [4.69, 9.17) is 4.42 Å². The van der Waals surface area contributed by atoms with Crippen molar-refractivity contribution in [3.05, 3.63) is 160 Å². The molecule has 0 saturated heterocycles. The number of aromatic nitrogens is 3. The average molecular weight is 1020 g/mol. The molecule has 0 radical (unpaired) electrons. The summed E-state index contributed by atoms with van der Waals surface area (Å²) in [5.74, 6) is -5.32. The Hall–Kier alpha value is -8.84. The van der Waals surface area contributed by atoms with Crippen LogP contribution in [-0.4, -0.2) is 99.1 Å². The zero-order valence-electron chi connectivity index (χ0n) is 40.8. The molecule has 4 aromatic carbocycles. The SMILES string of the molecule is CCCS(=O)(=O)Nc1ccc(F)c(C(=O)c2ccc3[nH]c4ncc(-c5ccc(C(=O)NCCCNC(=O)c6ccc(-c7c8ccc(=[N+](C)C)cc-8oc8cc(N(C)C)ccc78)c(C(=O)O)c6)nc5)cc4c3c2)c1F. The molecule has 1 aliphatic heterocycles. The Bertz CT molecular complexity index is 3910. The van der Waals surface area contributed by atoms with Crippen LogP contribution in [0.1, 0.15) is 66.9 Å². The lowest BCUT2D eigenvalue weighted by molar-refractivity contribution is 0.0697. The highest BCUT2D eigenvalue weighted by Crippen LogP contribution is 2.42. The molecule has 19 heteroatoms. The number of aromatic carboxylic acids is 1. The fourth-order valence-electron chi connectivity index (χ4n) is 8.72. The second-order valence-corrected chi connectivity index (χ2v) is 19.9. The van der Waals surface area contributed by atoms with Gasteiger partial charge in [0.2, 0.25) is 15.4 Å². The number of nitrogens with zero attached hydrogens (tertiary/aromatic N) is 4. The quantitative estimate of drug-likeness (QED) is 0.0268. The molecule has 3 aromatic heterocycles. The molecule has 2 amide bonds. The van der Waals surface area contributed by atoms with E-state index < -0.39 is 56.5 Å². The van der Waals surface area contributed by atoms with Crippen molar-refractivity contribution in [3.63, 3.8) is 0 Å². The number of fused-ring (bicyclic) bond motifs is 5. The lowest BCUT2D eigenvalue weighted by atomic mass is 9.89. The molecular weight excluding hydrogens is 971 g/mol. The smallest absolute Gasteiger partial charge is 0.336 e. The molecule has 74 heavy (non-hydrogen) atoms. The highest BCUT2D eigenvalue weighted by atomic mass is 32.2. The molecule has 0 bridgehead atoms. The Labute approximate surface area is 422 Å². The first kappa shape index (κ1) is 50.1.